The molecule has 0 aromatic heterocycles. The first-order valence-corrected chi connectivity index (χ1v) is 5.15. The van der Waals surface area contributed by atoms with Gasteiger partial charge in [-0.05, 0) is 25.2 Å². The molecular formula is C11H18O2. The van der Waals surface area contributed by atoms with Crippen LogP contribution in [-0.4, -0.2) is 11.1 Å². The topological polar surface area (TPSA) is 37.3 Å². The second kappa shape index (κ2) is 5.05. The Labute approximate surface area is 79.6 Å². The molecular weight excluding hydrogens is 164 g/mol. The van der Waals surface area contributed by atoms with E-state index in [9.17, 15) is 4.79 Å². The van der Waals surface area contributed by atoms with Crippen molar-refractivity contribution < 1.29 is 9.90 Å². The Morgan fingerprint density at radius 2 is 2.31 bits per heavy atom. The fourth-order valence-electron chi connectivity index (χ4n) is 1.49. The zero-order valence-electron chi connectivity index (χ0n) is 8.20. The standard InChI is InChI=1S/C11H18O2/c1-2-3-4-5-6-7-9-8-10(9)11(12)13/h6-7,9-10H,2-5,8H2,1H3,(H,12,13)/b7-6-/t9-,10+/m0/s1. The first-order chi connectivity index (χ1) is 6.25. The number of carbonyl (C=O) groups is 1. The van der Waals surface area contributed by atoms with Gasteiger partial charge in [0.1, 0.15) is 0 Å². The van der Waals surface area contributed by atoms with Crippen molar-refractivity contribution in [3.05, 3.63) is 12.2 Å². The third kappa shape index (κ3) is 3.62. The van der Waals surface area contributed by atoms with Crippen LogP contribution in [0.15, 0.2) is 12.2 Å². The largest absolute Gasteiger partial charge is 0.481 e. The van der Waals surface area contributed by atoms with Crippen molar-refractivity contribution in [1.29, 1.82) is 0 Å². The van der Waals surface area contributed by atoms with Crippen molar-refractivity contribution in [1.82, 2.24) is 0 Å². The fourth-order valence-corrected chi connectivity index (χ4v) is 1.49. The van der Waals surface area contributed by atoms with Gasteiger partial charge < -0.3 is 5.11 Å². The molecule has 0 unspecified atom stereocenters. The van der Waals surface area contributed by atoms with Crippen molar-refractivity contribution in [2.45, 2.75) is 39.0 Å². The van der Waals surface area contributed by atoms with Crippen molar-refractivity contribution in [3.63, 3.8) is 0 Å². The van der Waals surface area contributed by atoms with Crippen LogP contribution in [-0.2, 0) is 4.79 Å². The predicted molar refractivity (Wildman–Crippen MR) is 52.5 cm³/mol. The highest BCUT2D eigenvalue weighted by molar-refractivity contribution is 5.73. The first kappa shape index (κ1) is 10.3. The van der Waals surface area contributed by atoms with Gasteiger partial charge in [0.15, 0.2) is 0 Å². The zero-order chi connectivity index (χ0) is 9.68. The van der Waals surface area contributed by atoms with Gasteiger partial charge in [0.2, 0.25) is 0 Å². The minimum atomic E-state index is -0.636. The molecule has 0 saturated heterocycles. The summed E-state index contributed by atoms with van der Waals surface area (Å²) in [7, 11) is 0. The molecule has 0 spiro atoms. The van der Waals surface area contributed by atoms with Crippen molar-refractivity contribution >= 4 is 5.97 Å². The average Bonchev–Trinajstić information content (AvgIpc) is 2.83. The van der Waals surface area contributed by atoms with Crippen LogP contribution in [0.1, 0.15) is 39.0 Å². The van der Waals surface area contributed by atoms with Gasteiger partial charge in [0.25, 0.3) is 0 Å². The Balaban J connectivity index is 2.03. The minimum absolute atomic E-state index is 0.0811. The minimum Gasteiger partial charge on any atom is -0.481 e. The van der Waals surface area contributed by atoms with Crippen LogP contribution in [0, 0.1) is 11.8 Å². The Morgan fingerprint density at radius 1 is 1.54 bits per heavy atom. The van der Waals surface area contributed by atoms with E-state index in [1.807, 2.05) is 0 Å². The molecule has 1 aliphatic carbocycles. The lowest BCUT2D eigenvalue weighted by Gasteiger charge is -1.91. The average molecular weight is 182 g/mol. The molecule has 74 valence electrons. The van der Waals surface area contributed by atoms with Crippen LogP contribution in [0.4, 0.5) is 0 Å². The first-order valence-electron chi connectivity index (χ1n) is 5.15. The smallest absolute Gasteiger partial charge is 0.307 e. The molecule has 0 radical (unpaired) electrons. The van der Waals surface area contributed by atoms with E-state index in [1.165, 1.54) is 19.3 Å². The number of allylic oxidation sites excluding steroid dienone is 2. The Hall–Kier alpha value is -0.790. The molecule has 0 bridgehead atoms. The molecule has 1 aliphatic rings. The van der Waals surface area contributed by atoms with Gasteiger partial charge in [-0.15, -0.1) is 0 Å². The van der Waals surface area contributed by atoms with Gasteiger partial charge in [-0.1, -0.05) is 31.9 Å². The zero-order valence-corrected chi connectivity index (χ0v) is 8.20. The van der Waals surface area contributed by atoms with Gasteiger partial charge >= 0.3 is 5.97 Å². The molecule has 0 aromatic carbocycles. The molecule has 13 heavy (non-hydrogen) atoms. The molecule has 2 atom stereocenters. The van der Waals surface area contributed by atoms with Gasteiger partial charge in [-0.3, -0.25) is 4.79 Å². The number of aliphatic carboxylic acids is 1. The lowest BCUT2D eigenvalue weighted by atomic mass is 10.2. The third-order valence-electron chi connectivity index (χ3n) is 2.51. The highest BCUT2D eigenvalue weighted by atomic mass is 16.4. The summed E-state index contributed by atoms with van der Waals surface area (Å²) in [5.41, 5.74) is 0. The van der Waals surface area contributed by atoms with Crippen LogP contribution in [0.5, 0.6) is 0 Å². The third-order valence-corrected chi connectivity index (χ3v) is 2.51. The van der Waals surface area contributed by atoms with E-state index < -0.39 is 5.97 Å². The summed E-state index contributed by atoms with van der Waals surface area (Å²) in [6, 6.07) is 0. The van der Waals surface area contributed by atoms with Crippen molar-refractivity contribution in [3.8, 4) is 0 Å². The number of hydrogen-bond acceptors (Lipinski definition) is 1. The number of hydrogen-bond donors (Lipinski definition) is 1. The van der Waals surface area contributed by atoms with Crippen LogP contribution < -0.4 is 0 Å². The summed E-state index contributed by atoms with van der Waals surface area (Å²) >= 11 is 0. The second-order valence-corrected chi connectivity index (χ2v) is 3.77. The SMILES string of the molecule is CCCCC/C=C\[C@H]1C[C@H]1C(=O)O. The number of carboxylic acids is 1. The van der Waals surface area contributed by atoms with Crippen LogP contribution >= 0.6 is 0 Å². The van der Waals surface area contributed by atoms with Gasteiger partial charge in [-0.25, -0.2) is 0 Å². The van der Waals surface area contributed by atoms with E-state index in [4.69, 9.17) is 5.11 Å². The van der Waals surface area contributed by atoms with Crippen LogP contribution in [0.25, 0.3) is 0 Å². The van der Waals surface area contributed by atoms with E-state index in [-0.39, 0.29) is 5.92 Å². The van der Waals surface area contributed by atoms with E-state index in [0.29, 0.717) is 5.92 Å². The quantitative estimate of drug-likeness (QED) is 0.506. The molecule has 0 heterocycles. The van der Waals surface area contributed by atoms with Crippen molar-refractivity contribution in [2.24, 2.45) is 11.8 Å². The summed E-state index contributed by atoms with van der Waals surface area (Å²) < 4.78 is 0. The van der Waals surface area contributed by atoms with E-state index in [2.05, 4.69) is 19.1 Å². The molecule has 2 heteroatoms. The summed E-state index contributed by atoms with van der Waals surface area (Å²) in [5.74, 6) is -0.384. The molecule has 1 saturated carbocycles. The number of unbranched alkanes of at least 4 members (excludes halogenated alkanes) is 3. The molecule has 1 N–H and O–H groups in total. The Bertz CT molecular complexity index is 196. The fraction of sp³-hybridized carbons (Fsp3) is 0.727. The highest BCUT2D eigenvalue weighted by Gasteiger charge is 2.40. The van der Waals surface area contributed by atoms with Gasteiger partial charge in [0.05, 0.1) is 5.92 Å². The van der Waals surface area contributed by atoms with Crippen molar-refractivity contribution in [2.75, 3.05) is 0 Å². The molecule has 0 aromatic rings. The molecule has 0 aliphatic heterocycles. The molecule has 0 amide bonds. The molecule has 1 fully saturated rings. The Kier molecular flexibility index (Phi) is 4.00. The van der Waals surface area contributed by atoms with E-state index in [1.54, 1.807) is 0 Å². The normalized spacial score (nSPS) is 26.5. The van der Waals surface area contributed by atoms with Gasteiger partial charge in [-0.2, -0.15) is 0 Å². The van der Waals surface area contributed by atoms with E-state index >= 15 is 0 Å². The maximum atomic E-state index is 10.5. The monoisotopic (exact) mass is 182 g/mol. The summed E-state index contributed by atoms with van der Waals surface area (Å²) in [5, 5.41) is 8.63. The lowest BCUT2D eigenvalue weighted by molar-refractivity contribution is -0.138. The maximum Gasteiger partial charge on any atom is 0.307 e. The predicted octanol–water partition coefficient (Wildman–Crippen LogP) is 2.84. The Morgan fingerprint density at radius 3 is 2.85 bits per heavy atom. The summed E-state index contributed by atoms with van der Waals surface area (Å²) in [6.07, 6.45) is 9.93. The van der Waals surface area contributed by atoms with Crippen LogP contribution in [0.2, 0.25) is 0 Å². The summed E-state index contributed by atoms with van der Waals surface area (Å²) in [6.45, 7) is 2.19. The molecule has 1 rings (SSSR count). The van der Waals surface area contributed by atoms with E-state index in [0.717, 1.165) is 12.8 Å². The highest BCUT2D eigenvalue weighted by Crippen LogP contribution is 2.39. The molecule has 2 nitrogen and oxygen atoms in total. The lowest BCUT2D eigenvalue weighted by Crippen LogP contribution is -1.97. The maximum absolute atomic E-state index is 10.5. The van der Waals surface area contributed by atoms with Crippen LogP contribution in [0.3, 0.4) is 0 Å². The summed E-state index contributed by atoms with van der Waals surface area (Å²) in [4.78, 5) is 10.5. The number of rotatable bonds is 6. The number of carboxylic acid groups (broad SMARTS) is 1. The second-order valence-electron chi connectivity index (χ2n) is 3.77. The van der Waals surface area contributed by atoms with Gasteiger partial charge in [0, 0.05) is 0 Å².